The minimum absolute atomic E-state index is 0.596. The second-order valence-corrected chi connectivity index (χ2v) is 5.91. The van der Waals surface area contributed by atoms with E-state index in [0.717, 1.165) is 11.4 Å². The topological polar surface area (TPSA) is 58.1 Å². The zero-order chi connectivity index (χ0) is 18.9. The molecule has 0 aromatic heterocycles. The summed E-state index contributed by atoms with van der Waals surface area (Å²) in [4.78, 5) is 6.35. The van der Waals surface area contributed by atoms with Crippen molar-refractivity contribution in [2.75, 3.05) is 45.1 Å². The first kappa shape index (κ1) is 19.4. The van der Waals surface area contributed by atoms with Gasteiger partial charge >= 0.3 is 0 Å². The van der Waals surface area contributed by atoms with Gasteiger partial charge in [-0.05, 0) is 36.8 Å². The molecule has 0 atom stereocenters. The van der Waals surface area contributed by atoms with Gasteiger partial charge in [-0.15, -0.1) is 0 Å². The third kappa shape index (κ3) is 5.31. The summed E-state index contributed by atoms with van der Waals surface area (Å²) in [6.07, 6.45) is 0. The van der Waals surface area contributed by atoms with E-state index in [1.807, 2.05) is 39.2 Å². The van der Waals surface area contributed by atoms with Gasteiger partial charge in [-0.1, -0.05) is 12.1 Å². The lowest BCUT2D eigenvalue weighted by Crippen LogP contribution is -2.30. The molecule has 0 bridgehead atoms. The van der Waals surface area contributed by atoms with E-state index in [1.54, 1.807) is 14.2 Å². The predicted molar refractivity (Wildman–Crippen MR) is 109 cm³/mol. The average molecular weight is 356 g/mol. The fourth-order valence-electron chi connectivity index (χ4n) is 2.43. The molecule has 140 valence electrons. The zero-order valence-corrected chi connectivity index (χ0v) is 16.2. The minimum Gasteiger partial charge on any atom is -0.493 e. The standard InChI is InChI=1S/C20H28N4O2/c1-6-26-18-12-9-16(13-19(18)25-5)23-20(21-2)22-14-15-7-10-17(11-8-15)24(3)4/h7-13H,6,14H2,1-5H3,(H2,21,22,23). The molecule has 6 nitrogen and oxygen atoms in total. The minimum atomic E-state index is 0.596. The van der Waals surface area contributed by atoms with Crippen molar-refractivity contribution < 1.29 is 9.47 Å². The molecule has 26 heavy (non-hydrogen) atoms. The summed E-state index contributed by atoms with van der Waals surface area (Å²) in [5.74, 6) is 2.10. The van der Waals surface area contributed by atoms with Crippen molar-refractivity contribution in [1.82, 2.24) is 5.32 Å². The fraction of sp³-hybridized carbons (Fsp3) is 0.350. The first-order valence-electron chi connectivity index (χ1n) is 8.62. The molecule has 0 amide bonds. The van der Waals surface area contributed by atoms with Crippen LogP contribution in [0.2, 0.25) is 0 Å². The zero-order valence-electron chi connectivity index (χ0n) is 16.2. The van der Waals surface area contributed by atoms with Crippen LogP contribution in [-0.2, 0) is 6.54 Å². The van der Waals surface area contributed by atoms with E-state index in [4.69, 9.17) is 9.47 Å². The Morgan fingerprint density at radius 3 is 2.38 bits per heavy atom. The van der Waals surface area contributed by atoms with E-state index in [2.05, 4.69) is 44.8 Å². The number of rotatable bonds is 7. The van der Waals surface area contributed by atoms with Crippen molar-refractivity contribution in [2.45, 2.75) is 13.5 Å². The Balaban J connectivity index is 1.99. The highest BCUT2D eigenvalue weighted by Crippen LogP contribution is 2.30. The summed E-state index contributed by atoms with van der Waals surface area (Å²) < 4.78 is 10.9. The van der Waals surface area contributed by atoms with E-state index in [0.29, 0.717) is 24.9 Å². The van der Waals surface area contributed by atoms with Gasteiger partial charge < -0.3 is 25.0 Å². The highest BCUT2D eigenvalue weighted by molar-refractivity contribution is 5.93. The van der Waals surface area contributed by atoms with Gasteiger partial charge in [0.1, 0.15) is 0 Å². The summed E-state index contributed by atoms with van der Waals surface area (Å²) in [5.41, 5.74) is 3.24. The smallest absolute Gasteiger partial charge is 0.195 e. The van der Waals surface area contributed by atoms with E-state index in [1.165, 1.54) is 11.3 Å². The normalized spacial score (nSPS) is 11.0. The first-order chi connectivity index (χ1) is 12.6. The molecule has 2 N–H and O–H groups in total. The van der Waals surface area contributed by atoms with Crippen molar-refractivity contribution in [3.05, 3.63) is 48.0 Å². The number of benzene rings is 2. The molecule has 0 aliphatic carbocycles. The summed E-state index contributed by atoms with van der Waals surface area (Å²) in [6, 6.07) is 14.1. The SMILES string of the molecule is CCOc1ccc(NC(=NC)NCc2ccc(N(C)C)cc2)cc1OC. The molecule has 0 radical (unpaired) electrons. The average Bonchev–Trinajstić information content (AvgIpc) is 2.66. The summed E-state index contributed by atoms with van der Waals surface area (Å²) in [7, 11) is 7.44. The third-order valence-corrected chi connectivity index (χ3v) is 3.86. The Morgan fingerprint density at radius 1 is 1.08 bits per heavy atom. The molecular weight excluding hydrogens is 328 g/mol. The Kier molecular flexibility index (Phi) is 7.14. The molecular formula is C20H28N4O2. The first-order valence-corrected chi connectivity index (χ1v) is 8.62. The molecule has 0 unspecified atom stereocenters. The molecule has 2 aromatic carbocycles. The monoisotopic (exact) mass is 356 g/mol. The van der Waals surface area contributed by atoms with E-state index >= 15 is 0 Å². The molecule has 0 heterocycles. The van der Waals surface area contributed by atoms with Crippen LogP contribution in [0.25, 0.3) is 0 Å². The van der Waals surface area contributed by atoms with Gasteiger partial charge in [0, 0.05) is 45.1 Å². The molecule has 0 spiro atoms. The number of hydrogen-bond donors (Lipinski definition) is 2. The van der Waals surface area contributed by atoms with Crippen molar-refractivity contribution in [3.63, 3.8) is 0 Å². The maximum absolute atomic E-state index is 5.54. The van der Waals surface area contributed by atoms with E-state index < -0.39 is 0 Å². The van der Waals surface area contributed by atoms with Crippen LogP contribution in [-0.4, -0.2) is 40.8 Å². The van der Waals surface area contributed by atoms with Gasteiger partial charge in [0.25, 0.3) is 0 Å². The maximum Gasteiger partial charge on any atom is 0.195 e. The van der Waals surface area contributed by atoms with Crippen LogP contribution in [0.1, 0.15) is 12.5 Å². The highest BCUT2D eigenvalue weighted by atomic mass is 16.5. The Bertz CT molecular complexity index is 727. The second-order valence-electron chi connectivity index (χ2n) is 5.91. The molecule has 0 aliphatic heterocycles. The van der Waals surface area contributed by atoms with Crippen LogP contribution in [0, 0.1) is 0 Å². The number of anilines is 2. The molecule has 0 saturated carbocycles. The number of ether oxygens (including phenoxy) is 2. The van der Waals surface area contributed by atoms with Crippen LogP contribution in [0.5, 0.6) is 11.5 Å². The van der Waals surface area contributed by atoms with Gasteiger partial charge in [0.2, 0.25) is 0 Å². The number of nitrogens with zero attached hydrogens (tertiary/aromatic N) is 2. The lowest BCUT2D eigenvalue weighted by Gasteiger charge is -2.15. The maximum atomic E-state index is 5.54. The molecule has 2 rings (SSSR count). The van der Waals surface area contributed by atoms with Crippen LogP contribution in [0.3, 0.4) is 0 Å². The van der Waals surface area contributed by atoms with Crippen LogP contribution < -0.4 is 25.0 Å². The van der Waals surface area contributed by atoms with Gasteiger partial charge in [0.05, 0.1) is 13.7 Å². The fourth-order valence-corrected chi connectivity index (χ4v) is 2.43. The Morgan fingerprint density at radius 2 is 1.81 bits per heavy atom. The highest BCUT2D eigenvalue weighted by Gasteiger charge is 2.07. The number of aliphatic imine (C=N–C) groups is 1. The van der Waals surface area contributed by atoms with Gasteiger partial charge in [-0.25, -0.2) is 0 Å². The van der Waals surface area contributed by atoms with Crippen molar-refractivity contribution in [3.8, 4) is 11.5 Å². The molecule has 0 aliphatic rings. The summed E-state index contributed by atoms with van der Waals surface area (Å²) in [5, 5.41) is 6.58. The van der Waals surface area contributed by atoms with Crippen LogP contribution in [0.4, 0.5) is 11.4 Å². The number of hydrogen-bond acceptors (Lipinski definition) is 4. The van der Waals surface area contributed by atoms with Crippen molar-refractivity contribution in [1.29, 1.82) is 0 Å². The van der Waals surface area contributed by atoms with Gasteiger partial charge in [0.15, 0.2) is 17.5 Å². The number of nitrogens with one attached hydrogen (secondary N) is 2. The quantitative estimate of drug-likeness (QED) is 0.589. The number of guanidine groups is 1. The van der Waals surface area contributed by atoms with Gasteiger partial charge in [-0.3, -0.25) is 4.99 Å². The lowest BCUT2D eigenvalue weighted by molar-refractivity contribution is 0.311. The van der Waals surface area contributed by atoms with Crippen LogP contribution in [0.15, 0.2) is 47.5 Å². The predicted octanol–water partition coefficient (Wildman–Crippen LogP) is 3.35. The lowest BCUT2D eigenvalue weighted by atomic mass is 10.2. The molecule has 0 fully saturated rings. The van der Waals surface area contributed by atoms with E-state index in [-0.39, 0.29) is 0 Å². The van der Waals surface area contributed by atoms with Crippen LogP contribution >= 0.6 is 0 Å². The van der Waals surface area contributed by atoms with E-state index in [9.17, 15) is 0 Å². The molecule has 0 saturated heterocycles. The summed E-state index contributed by atoms with van der Waals surface area (Å²) in [6.45, 7) is 3.23. The number of methoxy groups -OCH3 is 1. The third-order valence-electron chi connectivity index (χ3n) is 3.86. The Hall–Kier alpha value is -2.89. The Labute approximate surface area is 155 Å². The second kappa shape index (κ2) is 9.56. The summed E-state index contributed by atoms with van der Waals surface area (Å²) >= 11 is 0. The molecule has 2 aromatic rings. The largest absolute Gasteiger partial charge is 0.493 e. The van der Waals surface area contributed by atoms with Gasteiger partial charge in [-0.2, -0.15) is 0 Å². The van der Waals surface area contributed by atoms with Crippen molar-refractivity contribution >= 4 is 17.3 Å². The molecule has 6 heteroatoms. The van der Waals surface area contributed by atoms with Crippen molar-refractivity contribution in [2.24, 2.45) is 4.99 Å².